The van der Waals surface area contributed by atoms with E-state index in [0.29, 0.717) is 6.61 Å². The Bertz CT molecular complexity index is 692. The largest absolute Gasteiger partial charge is 0.492 e. The number of hydrogen-bond acceptors (Lipinski definition) is 3. The molecule has 0 spiro atoms. The lowest BCUT2D eigenvalue weighted by molar-refractivity contribution is -0.126. The second-order valence-electron chi connectivity index (χ2n) is 6.74. The molecule has 120 valence electrons. The molecule has 0 unspecified atom stereocenters. The summed E-state index contributed by atoms with van der Waals surface area (Å²) in [5.74, 6) is 0.922. The summed E-state index contributed by atoms with van der Waals surface area (Å²) in [4.78, 5) is 12.5. The Kier molecular flexibility index (Phi) is 3.56. The Labute approximate surface area is 135 Å². The van der Waals surface area contributed by atoms with Crippen LogP contribution in [0.1, 0.15) is 18.4 Å². The molecule has 0 bridgehead atoms. The molecule has 1 aromatic heterocycles. The quantitative estimate of drug-likeness (QED) is 0.919. The third-order valence-corrected chi connectivity index (χ3v) is 4.90. The zero-order valence-corrected chi connectivity index (χ0v) is 13.1. The molecule has 1 aliphatic heterocycles. The number of nitrogens with one attached hydrogen (secondary N) is 1. The van der Waals surface area contributed by atoms with Crippen molar-refractivity contribution in [3.63, 3.8) is 0 Å². The summed E-state index contributed by atoms with van der Waals surface area (Å²) in [6, 6.07) is 9.89. The average Bonchev–Trinajstić information content (AvgIpc) is 3.15. The molecule has 23 heavy (non-hydrogen) atoms. The summed E-state index contributed by atoms with van der Waals surface area (Å²) in [7, 11) is 0. The van der Waals surface area contributed by atoms with Crippen LogP contribution >= 0.6 is 0 Å². The van der Waals surface area contributed by atoms with E-state index in [1.54, 1.807) is 6.20 Å². The number of rotatable bonds is 5. The van der Waals surface area contributed by atoms with E-state index >= 15 is 0 Å². The van der Waals surface area contributed by atoms with Crippen LogP contribution in [0.4, 0.5) is 0 Å². The molecular weight excluding hydrogens is 290 g/mol. The first-order valence-corrected chi connectivity index (χ1v) is 8.20. The van der Waals surface area contributed by atoms with Gasteiger partial charge >= 0.3 is 0 Å². The first kappa shape index (κ1) is 14.3. The molecular formula is C18H21N3O2. The average molecular weight is 311 g/mol. The second-order valence-corrected chi connectivity index (χ2v) is 6.74. The van der Waals surface area contributed by atoms with Gasteiger partial charge < -0.3 is 10.1 Å². The van der Waals surface area contributed by atoms with E-state index in [-0.39, 0.29) is 17.2 Å². The first-order chi connectivity index (χ1) is 11.2. The van der Waals surface area contributed by atoms with E-state index in [9.17, 15) is 4.79 Å². The van der Waals surface area contributed by atoms with E-state index in [1.807, 2.05) is 41.2 Å². The first-order valence-electron chi connectivity index (χ1n) is 8.20. The van der Waals surface area contributed by atoms with E-state index in [1.165, 1.54) is 0 Å². The summed E-state index contributed by atoms with van der Waals surface area (Å²) in [5, 5.41) is 7.41. The lowest BCUT2D eigenvalue weighted by atomic mass is 9.95. The number of ether oxygens (including phenoxy) is 1. The van der Waals surface area contributed by atoms with Gasteiger partial charge in [0.25, 0.3) is 0 Å². The summed E-state index contributed by atoms with van der Waals surface area (Å²) >= 11 is 0. The highest BCUT2D eigenvalue weighted by atomic mass is 16.5. The minimum atomic E-state index is -0.0922. The Balaban J connectivity index is 1.33. The van der Waals surface area contributed by atoms with Crippen LogP contribution in [0, 0.1) is 11.3 Å². The standard InChI is InChI=1S/C18H21N3O2/c22-17(15-10-14-4-1-2-5-16(14)23-11-15)19-12-18(6-7-18)13-21-9-3-8-20-21/h1-5,8-9,15H,6-7,10-13H2,(H,19,22)/t15-/m0/s1. The number of fused-ring (bicyclic) bond motifs is 1. The molecule has 0 radical (unpaired) electrons. The van der Waals surface area contributed by atoms with Crippen molar-refractivity contribution in [2.75, 3.05) is 13.2 Å². The van der Waals surface area contributed by atoms with Crippen molar-refractivity contribution in [3.8, 4) is 5.75 Å². The van der Waals surface area contributed by atoms with Gasteiger partial charge in [-0.1, -0.05) is 18.2 Å². The monoisotopic (exact) mass is 311 g/mol. The van der Waals surface area contributed by atoms with Crippen molar-refractivity contribution in [1.82, 2.24) is 15.1 Å². The van der Waals surface area contributed by atoms with E-state index in [4.69, 9.17) is 4.74 Å². The molecule has 1 aromatic carbocycles. The van der Waals surface area contributed by atoms with Gasteiger partial charge in [0.15, 0.2) is 0 Å². The number of para-hydroxylation sites is 1. The van der Waals surface area contributed by atoms with Gasteiger partial charge in [0.05, 0.1) is 5.92 Å². The fraction of sp³-hybridized carbons (Fsp3) is 0.444. The van der Waals surface area contributed by atoms with Crippen molar-refractivity contribution in [2.24, 2.45) is 11.3 Å². The van der Waals surface area contributed by atoms with Crippen molar-refractivity contribution in [2.45, 2.75) is 25.8 Å². The van der Waals surface area contributed by atoms with Gasteiger partial charge in [-0.05, 0) is 37.0 Å². The van der Waals surface area contributed by atoms with Gasteiger partial charge in [-0.3, -0.25) is 9.48 Å². The lowest BCUT2D eigenvalue weighted by Crippen LogP contribution is -2.40. The molecule has 0 saturated heterocycles. The Morgan fingerprint density at radius 3 is 3.00 bits per heavy atom. The summed E-state index contributed by atoms with van der Waals surface area (Å²) in [6.07, 6.45) is 6.84. The van der Waals surface area contributed by atoms with Crippen LogP contribution in [0.3, 0.4) is 0 Å². The maximum Gasteiger partial charge on any atom is 0.226 e. The van der Waals surface area contributed by atoms with Gasteiger partial charge in [0.2, 0.25) is 5.91 Å². The molecule has 1 N–H and O–H groups in total. The smallest absolute Gasteiger partial charge is 0.226 e. The van der Waals surface area contributed by atoms with E-state index in [2.05, 4.69) is 10.4 Å². The minimum Gasteiger partial charge on any atom is -0.492 e. The number of amides is 1. The number of aromatic nitrogens is 2. The molecule has 2 heterocycles. The van der Waals surface area contributed by atoms with Gasteiger partial charge in [-0.2, -0.15) is 5.10 Å². The molecule has 5 heteroatoms. The summed E-state index contributed by atoms with van der Waals surface area (Å²) in [6.45, 7) is 2.07. The number of carbonyl (C=O) groups excluding carboxylic acids is 1. The molecule has 2 aliphatic rings. The highest BCUT2D eigenvalue weighted by molar-refractivity contribution is 5.79. The second kappa shape index (κ2) is 5.72. The van der Waals surface area contributed by atoms with Gasteiger partial charge in [0.1, 0.15) is 12.4 Å². The summed E-state index contributed by atoms with van der Waals surface area (Å²) < 4.78 is 7.67. The van der Waals surface area contributed by atoms with Crippen LogP contribution in [0.2, 0.25) is 0 Å². The van der Waals surface area contributed by atoms with Crippen LogP contribution in [0.15, 0.2) is 42.7 Å². The maximum absolute atomic E-state index is 12.5. The lowest BCUT2D eigenvalue weighted by Gasteiger charge is -2.25. The van der Waals surface area contributed by atoms with Crippen LogP contribution < -0.4 is 10.1 Å². The fourth-order valence-electron chi connectivity index (χ4n) is 3.22. The maximum atomic E-state index is 12.5. The fourth-order valence-corrected chi connectivity index (χ4v) is 3.22. The van der Waals surface area contributed by atoms with Crippen LogP contribution in [-0.2, 0) is 17.8 Å². The highest BCUT2D eigenvalue weighted by Crippen LogP contribution is 2.46. The van der Waals surface area contributed by atoms with Crippen molar-refractivity contribution < 1.29 is 9.53 Å². The zero-order chi connectivity index (χ0) is 15.7. The molecule has 1 fully saturated rings. The normalized spacial score (nSPS) is 21.1. The molecule has 2 aromatic rings. The SMILES string of the molecule is O=C(NCC1(Cn2cccn2)CC1)[C@@H]1COc2ccccc2C1. The van der Waals surface area contributed by atoms with E-state index in [0.717, 1.165) is 43.7 Å². The summed E-state index contributed by atoms with van der Waals surface area (Å²) in [5.41, 5.74) is 1.31. The predicted octanol–water partition coefficient (Wildman–Crippen LogP) is 2.03. The molecule has 1 aliphatic carbocycles. The van der Waals surface area contributed by atoms with Crippen LogP contribution in [-0.4, -0.2) is 28.8 Å². The number of carbonyl (C=O) groups is 1. The topological polar surface area (TPSA) is 56.2 Å². The Hall–Kier alpha value is -2.30. The third kappa shape index (κ3) is 3.09. The van der Waals surface area contributed by atoms with Crippen LogP contribution in [0.25, 0.3) is 0 Å². The Morgan fingerprint density at radius 2 is 2.22 bits per heavy atom. The minimum absolute atomic E-state index is 0.0922. The Morgan fingerprint density at radius 1 is 1.35 bits per heavy atom. The molecule has 1 amide bonds. The highest BCUT2D eigenvalue weighted by Gasteiger charge is 2.43. The van der Waals surface area contributed by atoms with E-state index < -0.39 is 0 Å². The van der Waals surface area contributed by atoms with Crippen molar-refractivity contribution >= 4 is 5.91 Å². The van der Waals surface area contributed by atoms with Crippen molar-refractivity contribution in [1.29, 1.82) is 0 Å². The van der Waals surface area contributed by atoms with Gasteiger partial charge in [0, 0.05) is 30.9 Å². The van der Waals surface area contributed by atoms with Crippen LogP contribution in [0.5, 0.6) is 5.75 Å². The zero-order valence-electron chi connectivity index (χ0n) is 13.1. The third-order valence-electron chi connectivity index (χ3n) is 4.90. The number of benzene rings is 1. The molecule has 5 nitrogen and oxygen atoms in total. The molecule has 1 atom stereocenters. The number of nitrogens with zero attached hydrogens (tertiary/aromatic N) is 2. The van der Waals surface area contributed by atoms with Gasteiger partial charge in [-0.15, -0.1) is 0 Å². The van der Waals surface area contributed by atoms with Crippen molar-refractivity contribution in [3.05, 3.63) is 48.3 Å². The predicted molar refractivity (Wildman–Crippen MR) is 86.0 cm³/mol. The molecule has 1 saturated carbocycles. The number of hydrogen-bond donors (Lipinski definition) is 1. The van der Waals surface area contributed by atoms with Gasteiger partial charge in [-0.25, -0.2) is 0 Å². The molecule has 4 rings (SSSR count).